The Morgan fingerprint density at radius 2 is 1.87 bits per heavy atom. The van der Waals surface area contributed by atoms with Gasteiger partial charge in [-0.3, -0.25) is 9.59 Å². The van der Waals surface area contributed by atoms with Crippen LogP contribution in [0.15, 0.2) is 23.0 Å². The molecule has 30 heavy (non-hydrogen) atoms. The number of amides is 1. The number of aromatic nitrogens is 1. The minimum Gasteiger partial charge on any atom is -0.369 e. The summed E-state index contributed by atoms with van der Waals surface area (Å²) in [6.45, 7) is 8.93. The third kappa shape index (κ3) is 4.89. The second kappa shape index (κ2) is 9.69. The Morgan fingerprint density at radius 3 is 2.50 bits per heavy atom. The number of rotatable bonds is 6. The van der Waals surface area contributed by atoms with Crippen LogP contribution in [0.2, 0.25) is 5.02 Å². The summed E-state index contributed by atoms with van der Waals surface area (Å²) >= 11 is 6.43. The Bertz CT molecular complexity index is 977. The van der Waals surface area contributed by atoms with Crippen molar-refractivity contribution in [2.45, 2.75) is 72.4 Å². The van der Waals surface area contributed by atoms with Gasteiger partial charge in [0.1, 0.15) is 0 Å². The second-order valence-electron chi connectivity index (χ2n) is 8.30. The molecule has 1 saturated carbocycles. The molecule has 0 saturated heterocycles. The Labute approximate surface area is 183 Å². The van der Waals surface area contributed by atoms with Crippen LogP contribution in [0.25, 0.3) is 0 Å². The monoisotopic (exact) mass is 429 g/mol. The molecule has 0 bridgehead atoms. The summed E-state index contributed by atoms with van der Waals surface area (Å²) in [6.07, 6.45) is 6.15. The number of carbonyl (C=O) groups is 1. The van der Waals surface area contributed by atoms with E-state index in [1.165, 1.54) is 32.1 Å². The largest absolute Gasteiger partial charge is 0.369 e. The third-order valence-corrected chi connectivity index (χ3v) is 6.39. The lowest BCUT2D eigenvalue weighted by Crippen LogP contribution is -2.37. The van der Waals surface area contributed by atoms with Gasteiger partial charge in [0.15, 0.2) is 0 Å². The fraction of sp³-hybridized carbons (Fsp3) is 0.500. The average molecular weight is 430 g/mol. The van der Waals surface area contributed by atoms with E-state index < -0.39 is 0 Å². The lowest BCUT2D eigenvalue weighted by molar-refractivity contribution is 0.0950. The SMILES string of the molecule is CCN(c1cc(Cl)cc(C(=O)NCc2c(C)cc(C)[nH]c2=O)c1C)C1CCCCC1. The van der Waals surface area contributed by atoms with Gasteiger partial charge in [0.05, 0.1) is 0 Å². The number of carbonyl (C=O) groups excluding carboxylic acids is 1. The fourth-order valence-corrected chi connectivity index (χ4v) is 4.79. The Morgan fingerprint density at radius 1 is 1.17 bits per heavy atom. The van der Waals surface area contributed by atoms with Crippen molar-refractivity contribution in [3.05, 3.63) is 61.5 Å². The molecular weight excluding hydrogens is 398 g/mol. The van der Waals surface area contributed by atoms with E-state index in [2.05, 4.69) is 22.1 Å². The number of anilines is 1. The molecule has 1 fully saturated rings. The molecule has 1 aliphatic carbocycles. The standard InChI is InChI=1S/C24H32ClN3O2/c1-5-28(19-9-7-6-8-10-19)22-13-18(25)12-20(17(22)4)23(29)26-14-21-15(2)11-16(3)27-24(21)30/h11-13,19H,5-10,14H2,1-4H3,(H,26,29)(H,27,30). The number of benzene rings is 1. The van der Waals surface area contributed by atoms with Gasteiger partial charge in [-0.15, -0.1) is 0 Å². The summed E-state index contributed by atoms with van der Waals surface area (Å²) < 4.78 is 0. The molecule has 0 aliphatic heterocycles. The molecule has 3 rings (SSSR count). The molecule has 0 unspecified atom stereocenters. The van der Waals surface area contributed by atoms with Crippen LogP contribution in [0.3, 0.4) is 0 Å². The van der Waals surface area contributed by atoms with Crippen LogP contribution < -0.4 is 15.8 Å². The molecule has 1 aromatic carbocycles. The lowest BCUT2D eigenvalue weighted by atomic mass is 9.93. The molecule has 162 valence electrons. The first-order valence-corrected chi connectivity index (χ1v) is 11.2. The molecular formula is C24H32ClN3O2. The van der Waals surface area contributed by atoms with E-state index in [0.717, 1.165) is 29.1 Å². The van der Waals surface area contributed by atoms with Crippen LogP contribution in [0.1, 0.15) is 71.8 Å². The Hall–Kier alpha value is -2.27. The first-order valence-electron chi connectivity index (χ1n) is 10.9. The topological polar surface area (TPSA) is 65.2 Å². The normalized spacial score (nSPS) is 14.6. The zero-order chi connectivity index (χ0) is 21.8. The number of nitrogens with one attached hydrogen (secondary N) is 2. The maximum atomic E-state index is 13.0. The highest BCUT2D eigenvalue weighted by Gasteiger charge is 2.24. The minimum atomic E-state index is -0.213. The number of hydrogen-bond donors (Lipinski definition) is 2. The summed E-state index contributed by atoms with van der Waals surface area (Å²) in [5.41, 5.74) is 4.62. The molecule has 0 spiro atoms. The summed E-state index contributed by atoms with van der Waals surface area (Å²) in [6, 6.07) is 6.09. The van der Waals surface area contributed by atoms with Crippen LogP contribution in [0, 0.1) is 20.8 Å². The van der Waals surface area contributed by atoms with Gasteiger partial charge in [-0.05, 0) is 69.9 Å². The van der Waals surface area contributed by atoms with Gasteiger partial charge in [0.2, 0.25) is 0 Å². The zero-order valence-electron chi connectivity index (χ0n) is 18.4. The molecule has 1 aromatic heterocycles. The maximum Gasteiger partial charge on any atom is 0.253 e. The molecule has 0 atom stereocenters. The van der Waals surface area contributed by atoms with Crippen LogP contribution in [0.4, 0.5) is 5.69 Å². The van der Waals surface area contributed by atoms with Crippen molar-refractivity contribution in [3.63, 3.8) is 0 Å². The van der Waals surface area contributed by atoms with Gasteiger partial charge in [-0.1, -0.05) is 30.9 Å². The van der Waals surface area contributed by atoms with Crippen molar-refractivity contribution in [3.8, 4) is 0 Å². The minimum absolute atomic E-state index is 0.161. The van der Waals surface area contributed by atoms with Gasteiger partial charge < -0.3 is 15.2 Å². The number of aromatic amines is 1. The van der Waals surface area contributed by atoms with E-state index in [4.69, 9.17) is 11.6 Å². The number of halogens is 1. The molecule has 5 nitrogen and oxygen atoms in total. The van der Waals surface area contributed by atoms with Crippen molar-refractivity contribution in [1.82, 2.24) is 10.3 Å². The zero-order valence-corrected chi connectivity index (χ0v) is 19.2. The van der Waals surface area contributed by atoms with Crippen LogP contribution in [-0.4, -0.2) is 23.5 Å². The number of H-pyrrole nitrogens is 1. The van der Waals surface area contributed by atoms with Crippen molar-refractivity contribution in [1.29, 1.82) is 0 Å². The summed E-state index contributed by atoms with van der Waals surface area (Å²) in [5.74, 6) is -0.213. The molecule has 1 heterocycles. The smallest absolute Gasteiger partial charge is 0.253 e. The number of hydrogen-bond acceptors (Lipinski definition) is 3. The van der Waals surface area contributed by atoms with Gasteiger partial charge in [0.25, 0.3) is 11.5 Å². The average Bonchev–Trinajstić information content (AvgIpc) is 2.70. The summed E-state index contributed by atoms with van der Waals surface area (Å²) in [4.78, 5) is 30.5. The van der Waals surface area contributed by atoms with E-state index in [-0.39, 0.29) is 18.0 Å². The summed E-state index contributed by atoms with van der Waals surface area (Å²) in [7, 11) is 0. The number of pyridine rings is 1. The highest BCUT2D eigenvalue weighted by atomic mass is 35.5. The highest BCUT2D eigenvalue weighted by Crippen LogP contribution is 2.33. The molecule has 6 heteroatoms. The number of nitrogens with zero attached hydrogens (tertiary/aromatic N) is 1. The van der Waals surface area contributed by atoms with E-state index in [9.17, 15) is 9.59 Å². The Balaban J connectivity index is 1.85. The van der Waals surface area contributed by atoms with E-state index in [1.54, 1.807) is 6.07 Å². The fourth-order valence-electron chi connectivity index (χ4n) is 4.58. The van der Waals surface area contributed by atoms with E-state index in [1.807, 2.05) is 32.9 Å². The predicted octanol–water partition coefficient (Wildman–Crippen LogP) is 5.04. The van der Waals surface area contributed by atoms with E-state index in [0.29, 0.717) is 22.2 Å². The molecule has 2 aromatic rings. The highest BCUT2D eigenvalue weighted by molar-refractivity contribution is 6.31. The maximum absolute atomic E-state index is 13.0. The van der Waals surface area contributed by atoms with Gasteiger partial charge in [-0.2, -0.15) is 0 Å². The Kier molecular flexibility index (Phi) is 7.24. The van der Waals surface area contributed by atoms with Crippen LogP contribution in [0.5, 0.6) is 0 Å². The lowest BCUT2D eigenvalue weighted by Gasteiger charge is -2.36. The van der Waals surface area contributed by atoms with Gasteiger partial charge in [-0.25, -0.2) is 0 Å². The van der Waals surface area contributed by atoms with Crippen molar-refractivity contribution < 1.29 is 4.79 Å². The molecule has 1 aliphatic rings. The summed E-state index contributed by atoms with van der Waals surface area (Å²) in [5, 5.41) is 3.47. The van der Waals surface area contributed by atoms with Gasteiger partial charge >= 0.3 is 0 Å². The molecule has 2 N–H and O–H groups in total. The molecule has 0 radical (unpaired) electrons. The first-order chi connectivity index (χ1) is 14.3. The number of aryl methyl sites for hydroxylation is 2. The van der Waals surface area contributed by atoms with Crippen LogP contribution >= 0.6 is 11.6 Å². The third-order valence-electron chi connectivity index (χ3n) is 6.17. The van der Waals surface area contributed by atoms with Crippen molar-refractivity contribution in [2.75, 3.05) is 11.4 Å². The van der Waals surface area contributed by atoms with Crippen molar-refractivity contribution >= 4 is 23.2 Å². The first kappa shape index (κ1) is 22.4. The van der Waals surface area contributed by atoms with Crippen LogP contribution in [-0.2, 0) is 6.54 Å². The van der Waals surface area contributed by atoms with Gasteiger partial charge in [0, 0.05) is 46.7 Å². The quantitative estimate of drug-likeness (QED) is 0.675. The second-order valence-corrected chi connectivity index (χ2v) is 8.74. The predicted molar refractivity (Wildman–Crippen MR) is 124 cm³/mol. The molecule has 1 amide bonds. The van der Waals surface area contributed by atoms with E-state index >= 15 is 0 Å². The van der Waals surface area contributed by atoms with Crippen molar-refractivity contribution in [2.24, 2.45) is 0 Å².